The standard InChI is InChI=1S/C3H5Br2Cl/c1-2(4)3(5)6/h2-3H,1H3/t2-,3-/m1/s1. The van der Waals surface area contributed by atoms with Crippen LogP contribution in [0.1, 0.15) is 6.92 Å². The number of rotatable bonds is 1. The van der Waals surface area contributed by atoms with E-state index in [0.717, 1.165) is 0 Å². The molecule has 2 atom stereocenters. The number of halogens is 3. The maximum Gasteiger partial charge on any atom is 0.101 e. The van der Waals surface area contributed by atoms with Crippen molar-refractivity contribution in [1.82, 2.24) is 0 Å². The highest BCUT2D eigenvalue weighted by molar-refractivity contribution is 9.12. The molecule has 0 aliphatic rings. The summed E-state index contributed by atoms with van der Waals surface area (Å²) < 4.78 is 0.0532. The van der Waals surface area contributed by atoms with Gasteiger partial charge >= 0.3 is 0 Å². The van der Waals surface area contributed by atoms with Crippen molar-refractivity contribution >= 4 is 43.5 Å². The molecule has 0 aliphatic carbocycles. The fourth-order valence-electron chi connectivity index (χ4n) is 0. The molecule has 0 aromatic carbocycles. The summed E-state index contributed by atoms with van der Waals surface area (Å²) in [6.07, 6.45) is 0. The molecule has 0 aromatic rings. The minimum atomic E-state index is 0.0532. The van der Waals surface area contributed by atoms with Crippen LogP contribution in [0, 0.1) is 0 Å². The quantitative estimate of drug-likeness (QED) is 0.614. The molecule has 0 fully saturated rings. The van der Waals surface area contributed by atoms with Crippen LogP contribution in [0.15, 0.2) is 0 Å². The van der Waals surface area contributed by atoms with Gasteiger partial charge in [0.05, 0.1) is 0 Å². The second kappa shape index (κ2) is 3.28. The molecule has 0 unspecified atom stereocenters. The van der Waals surface area contributed by atoms with Gasteiger partial charge in [-0.1, -0.05) is 38.8 Å². The highest BCUT2D eigenvalue weighted by atomic mass is 79.9. The van der Waals surface area contributed by atoms with Gasteiger partial charge in [-0.15, -0.1) is 11.6 Å². The topological polar surface area (TPSA) is 0 Å². The minimum absolute atomic E-state index is 0.0532. The highest BCUT2D eigenvalue weighted by Crippen LogP contribution is 2.16. The second-order valence-electron chi connectivity index (χ2n) is 1.01. The number of hydrogen-bond acceptors (Lipinski definition) is 0. The summed E-state index contributed by atoms with van der Waals surface area (Å²) in [6.45, 7) is 1.98. The Morgan fingerprint density at radius 2 is 1.67 bits per heavy atom. The van der Waals surface area contributed by atoms with Crippen molar-refractivity contribution in [2.45, 2.75) is 16.0 Å². The first-order valence-electron chi connectivity index (χ1n) is 1.57. The Morgan fingerprint density at radius 3 is 1.67 bits per heavy atom. The molecule has 0 rings (SSSR count). The van der Waals surface area contributed by atoms with E-state index in [9.17, 15) is 0 Å². The van der Waals surface area contributed by atoms with Crippen LogP contribution < -0.4 is 0 Å². The van der Waals surface area contributed by atoms with Gasteiger partial charge in [-0.05, 0) is 0 Å². The maximum atomic E-state index is 5.48. The molecule has 0 bridgehead atoms. The van der Waals surface area contributed by atoms with Crippen LogP contribution in [0.5, 0.6) is 0 Å². The summed E-state index contributed by atoms with van der Waals surface area (Å²) in [5.41, 5.74) is 0. The first-order chi connectivity index (χ1) is 2.64. The molecule has 0 spiro atoms. The van der Waals surface area contributed by atoms with E-state index in [0.29, 0.717) is 4.83 Å². The Labute approximate surface area is 59.5 Å². The molecule has 0 amide bonds. The smallest absolute Gasteiger partial charge is 0.101 e. The summed E-state index contributed by atoms with van der Waals surface area (Å²) >= 11 is 11.9. The van der Waals surface area contributed by atoms with Gasteiger partial charge in [0.15, 0.2) is 0 Å². The van der Waals surface area contributed by atoms with Gasteiger partial charge in [0.25, 0.3) is 0 Å². The summed E-state index contributed by atoms with van der Waals surface area (Å²) in [6, 6.07) is 0. The third-order valence-corrected chi connectivity index (χ3v) is 3.06. The van der Waals surface area contributed by atoms with E-state index < -0.39 is 0 Å². The lowest BCUT2D eigenvalue weighted by Gasteiger charge is -1.98. The molecule has 0 aliphatic heterocycles. The van der Waals surface area contributed by atoms with E-state index in [2.05, 4.69) is 31.9 Å². The van der Waals surface area contributed by atoms with Crippen molar-refractivity contribution in [1.29, 1.82) is 0 Å². The van der Waals surface area contributed by atoms with E-state index in [-0.39, 0.29) is 4.29 Å². The predicted octanol–water partition coefficient (Wildman–Crippen LogP) is 2.73. The molecule has 0 radical (unpaired) electrons. The van der Waals surface area contributed by atoms with Crippen LogP contribution in [-0.4, -0.2) is 9.11 Å². The fourth-order valence-corrected chi connectivity index (χ4v) is 0. The van der Waals surface area contributed by atoms with E-state index in [4.69, 9.17) is 11.6 Å². The van der Waals surface area contributed by atoms with Crippen molar-refractivity contribution in [3.8, 4) is 0 Å². The van der Waals surface area contributed by atoms with Gasteiger partial charge in [0, 0.05) is 4.83 Å². The van der Waals surface area contributed by atoms with Crippen molar-refractivity contribution in [2.24, 2.45) is 0 Å². The first kappa shape index (κ1) is 7.25. The first-order valence-corrected chi connectivity index (χ1v) is 3.83. The molecular formula is C3H5Br2Cl. The van der Waals surface area contributed by atoms with Crippen molar-refractivity contribution < 1.29 is 0 Å². The third kappa shape index (κ3) is 3.44. The molecule has 0 heterocycles. The molecule has 6 heavy (non-hydrogen) atoms. The van der Waals surface area contributed by atoms with Crippen LogP contribution in [0.2, 0.25) is 0 Å². The average molecular weight is 236 g/mol. The molecule has 0 aromatic heterocycles. The Bertz CT molecular complexity index is 29.8. The van der Waals surface area contributed by atoms with E-state index in [1.54, 1.807) is 0 Å². The SMILES string of the molecule is C[C@@H](Br)[C@@H](Cl)Br. The summed E-state index contributed by atoms with van der Waals surface area (Å²) in [5.74, 6) is 0. The van der Waals surface area contributed by atoms with Crippen LogP contribution in [0.4, 0.5) is 0 Å². The van der Waals surface area contributed by atoms with Gasteiger partial charge in [-0.2, -0.15) is 0 Å². The zero-order chi connectivity index (χ0) is 5.15. The molecule has 3 heteroatoms. The van der Waals surface area contributed by atoms with E-state index >= 15 is 0 Å². The minimum Gasteiger partial charge on any atom is -0.109 e. The fraction of sp³-hybridized carbons (Fsp3) is 1.00. The molecule has 0 nitrogen and oxygen atoms in total. The Balaban J connectivity index is 2.99. The normalized spacial score (nSPS) is 20.0. The van der Waals surface area contributed by atoms with Gasteiger partial charge in [0.1, 0.15) is 4.29 Å². The number of hydrogen-bond donors (Lipinski definition) is 0. The summed E-state index contributed by atoms with van der Waals surface area (Å²) in [5, 5.41) is 0. The monoisotopic (exact) mass is 234 g/mol. The Morgan fingerprint density at radius 1 is 1.50 bits per heavy atom. The van der Waals surface area contributed by atoms with E-state index in [1.807, 2.05) is 6.92 Å². The van der Waals surface area contributed by atoms with Gasteiger partial charge in [0.2, 0.25) is 0 Å². The van der Waals surface area contributed by atoms with Crippen LogP contribution in [-0.2, 0) is 0 Å². The zero-order valence-corrected chi connectivity index (χ0v) is 7.22. The molecule has 38 valence electrons. The van der Waals surface area contributed by atoms with Gasteiger partial charge in [-0.25, -0.2) is 0 Å². The largest absolute Gasteiger partial charge is 0.109 e. The lowest BCUT2D eigenvalue weighted by molar-refractivity contribution is 1.11. The number of alkyl halides is 3. The van der Waals surface area contributed by atoms with Crippen molar-refractivity contribution in [3.63, 3.8) is 0 Å². The summed E-state index contributed by atoms with van der Waals surface area (Å²) in [4.78, 5) is 0.346. The molecular weight excluding hydrogens is 231 g/mol. The third-order valence-electron chi connectivity index (χ3n) is 0.347. The lowest BCUT2D eigenvalue weighted by atomic mass is 10.6. The summed E-state index contributed by atoms with van der Waals surface area (Å²) in [7, 11) is 0. The Kier molecular flexibility index (Phi) is 3.96. The van der Waals surface area contributed by atoms with Crippen molar-refractivity contribution in [2.75, 3.05) is 0 Å². The average Bonchev–Trinajstić information content (AvgIpc) is 1.36. The molecule has 0 saturated carbocycles. The van der Waals surface area contributed by atoms with Gasteiger partial charge in [-0.3, -0.25) is 0 Å². The highest BCUT2D eigenvalue weighted by Gasteiger charge is 2.02. The van der Waals surface area contributed by atoms with Crippen molar-refractivity contribution in [3.05, 3.63) is 0 Å². The second-order valence-corrected chi connectivity index (χ2v) is 4.44. The van der Waals surface area contributed by atoms with E-state index in [1.165, 1.54) is 0 Å². The van der Waals surface area contributed by atoms with Crippen LogP contribution in [0.25, 0.3) is 0 Å². The van der Waals surface area contributed by atoms with Gasteiger partial charge < -0.3 is 0 Å². The zero-order valence-electron chi connectivity index (χ0n) is 3.29. The van der Waals surface area contributed by atoms with Crippen LogP contribution in [0.3, 0.4) is 0 Å². The predicted molar refractivity (Wildman–Crippen MR) is 37.0 cm³/mol. The molecule has 0 N–H and O–H groups in total. The maximum absolute atomic E-state index is 5.48. The Hall–Kier alpha value is 1.25. The van der Waals surface area contributed by atoms with Crippen LogP contribution >= 0.6 is 43.5 Å². The lowest BCUT2D eigenvalue weighted by Crippen LogP contribution is -1.98. The molecule has 0 saturated heterocycles.